The maximum atomic E-state index is 11.5. The van der Waals surface area contributed by atoms with Gasteiger partial charge in [-0.05, 0) is 17.7 Å². The number of carbonyl (C=O) groups excluding carboxylic acids is 1. The predicted octanol–water partition coefficient (Wildman–Crippen LogP) is 1.40. The fourth-order valence-electron chi connectivity index (χ4n) is 1.50. The molecule has 0 aliphatic rings. The highest BCUT2D eigenvalue weighted by atomic mass is 32.1. The summed E-state index contributed by atoms with van der Waals surface area (Å²) in [5.41, 5.74) is 2.21. The fraction of sp³-hybridized carbons (Fsp3) is 0.250. The molecule has 3 N–H and O–H groups in total. The molecule has 1 heterocycles. The summed E-state index contributed by atoms with van der Waals surface area (Å²) in [5.74, 6) is 0.711. The largest absolute Gasteiger partial charge is 0.497 e. The molecule has 7 nitrogen and oxygen atoms in total. The smallest absolute Gasteiger partial charge is 0.321 e. The van der Waals surface area contributed by atoms with Crippen LogP contribution in [0.2, 0.25) is 0 Å². The van der Waals surface area contributed by atoms with Crippen molar-refractivity contribution in [3.05, 3.63) is 35.3 Å². The monoisotopic (exact) mass is 294 g/mol. The third kappa shape index (κ3) is 3.90. The van der Waals surface area contributed by atoms with Gasteiger partial charge in [0.1, 0.15) is 11.3 Å². The molecule has 0 saturated carbocycles. The van der Waals surface area contributed by atoms with Crippen LogP contribution in [0, 0.1) is 0 Å². The third-order valence-electron chi connectivity index (χ3n) is 2.54. The second-order valence-electron chi connectivity index (χ2n) is 3.87. The Morgan fingerprint density at radius 3 is 2.80 bits per heavy atom. The van der Waals surface area contributed by atoms with Crippen LogP contribution in [0.4, 0.5) is 9.93 Å². The van der Waals surface area contributed by atoms with Crippen molar-refractivity contribution in [2.24, 2.45) is 0 Å². The van der Waals surface area contributed by atoms with Crippen molar-refractivity contribution >= 4 is 22.5 Å². The van der Waals surface area contributed by atoms with Crippen molar-refractivity contribution in [3.63, 3.8) is 0 Å². The number of methoxy groups -OCH3 is 1. The van der Waals surface area contributed by atoms with E-state index in [1.165, 1.54) is 16.8 Å². The Morgan fingerprint density at radius 2 is 2.20 bits per heavy atom. The summed E-state index contributed by atoms with van der Waals surface area (Å²) < 4.78 is 5.03. The molecule has 8 heteroatoms. The highest BCUT2D eigenvalue weighted by Crippen LogP contribution is 2.17. The molecule has 1 aromatic carbocycles. The average molecular weight is 294 g/mol. The lowest BCUT2D eigenvalue weighted by atomic mass is 10.1. The molecule has 0 bridgehead atoms. The van der Waals surface area contributed by atoms with Gasteiger partial charge in [0.05, 0.1) is 13.2 Å². The fourth-order valence-corrected chi connectivity index (χ4v) is 1.94. The number of rotatable bonds is 5. The molecule has 0 fully saturated rings. The lowest BCUT2D eigenvalue weighted by molar-refractivity contribution is 0.175. The SMILES string of the molecule is COc1ccc(C(O)CNC(=O)Nc2nncs2)cc1. The van der Waals surface area contributed by atoms with E-state index in [0.29, 0.717) is 16.4 Å². The van der Waals surface area contributed by atoms with Gasteiger partial charge in [-0.15, -0.1) is 10.2 Å². The number of aliphatic hydroxyl groups is 1. The van der Waals surface area contributed by atoms with Crippen LogP contribution in [0.3, 0.4) is 0 Å². The zero-order valence-corrected chi connectivity index (χ0v) is 11.6. The first-order valence-corrected chi connectivity index (χ1v) is 6.70. The Kier molecular flexibility index (Phi) is 4.85. The van der Waals surface area contributed by atoms with Gasteiger partial charge in [0, 0.05) is 6.54 Å². The van der Waals surface area contributed by atoms with E-state index in [0.717, 1.165) is 0 Å². The number of carbonyl (C=O) groups is 1. The van der Waals surface area contributed by atoms with Crippen LogP contribution in [0.25, 0.3) is 0 Å². The minimum absolute atomic E-state index is 0.0942. The highest BCUT2D eigenvalue weighted by Gasteiger charge is 2.10. The molecular weight excluding hydrogens is 280 g/mol. The molecule has 106 valence electrons. The Hall–Kier alpha value is -2.19. The first-order chi connectivity index (χ1) is 9.69. The summed E-state index contributed by atoms with van der Waals surface area (Å²) in [7, 11) is 1.57. The van der Waals surface area contributed by atoms with Crippen LogP contribution < -0.4 is 15.4 Å². The zero-order valence-electron chi connectivity index (χ0n) is 10.7. The van der Waals surface area contributed by atoms with Crippen molar-refractivity contribution in [1.29, 1.82) is 0 Å². The van der Waals surface area contributed by atoms with Gasteiger partial charge in [-0.25, -0.2) is 4.79 Å². The Labute approximate surface area is 119 Å². The average Bonchev–Trinajstić information content (AvgIpc) is 2.97. The number of hydrogen-bond acceptors (Lipinski definition) is 6. The molecule has 20 heavy (non-hydrogen) atoms. The second kappa shape index (κ2) is 6.83. The number of nitrogens with zero attached hydrogens (tertiary/aromatic N) is 2. The van der Waals surface area contributed by atoms with Crippen LogP contribution in [0.1, 0.15) is 11.7 Å². The summed E-state index contributed by atoms with van der Waals surface area (Å²) in [6.45, 7) is 0.0942. The van der Waals surface area contributed by atoms with Crippen LogP contribution in [-0.4, -0.2) is 35.0 Å². The summed E-state index contributed by atoms with van der Waals surface area (Å²) in [4.78, 5) is 11.5. The number of aromatic nitrogens is 2. The number of nitrogens with one attached hydrogen (secondary N) is 2. The Bertz CT molecular complexity index is 544. The molecule has 0 aliphatic carbocycles. The maximum Gasteiger partial charge on any atom is 0.321 e. The minimum Gasteiger partial charge on any atom is -0.497 e. The van der Waals surface area contributed by atoms with E-state index < -0.39 is 12.1 Å². The molecule has 0 aliphatic heterocycles. The van der Waals surface area contributed by atoms with Gasteiger partial charge in [-0.2, -0.15) is 0 Å². The van der Waals surface area contributed by atoms with E-state index in [9.17, 15) is 9.90 Å². The number of urea groups is 1. The van der Waals surface area contributed by atoms with Crippen molar-refractivity contribution in [1.82, 2.24) is 15.5 Å². The third-order valence-corrected chi connectivity index (χ3v) is 3.14. The number of anilines is 1. The topological polar surface area (TPSA) is 96.4 Å². The highest BCUT2D eigenvalue weighted by molar-refractivity contribution is 7.13. The first-order valence-electron chi connectivity index (χ1n) is 5.82. The van der Waals surface area contributed by atoms with Gasteiger partial charge in [0.25, 0.3) is 0 Å². The van der Waals surface area contributed by atoms with Crippen molar-refractivity contribution in [3.8, 4) is 5.75 Å². The lowest BCUT2D eigenvalue weighted by Gasteiger charge is -2.12. The van der Waals surface area contributed by atoms with Gasteiger partial charge in [0.15, 0.2) is 0 Å². The van der Waals surface area contributed by atoms with Crippen molar-refractivity contribution < 1.29 is 14.6 Å². The molecule has 2 rings (SSSR count). The van der Waals surface area contributed by atoms with Gasteiger partial charge in [0.2, 0.25) is 5.13 Å². The molecule has 2 aromatic rings. The summed E-state index contributed by atoms with van der Waals surface area (Å²) in [6.07, 6.45) is -0.791. The number of benzene rings is 1. The van der Waals surface area contributed by atoms with E-state index in [-0.39, 0.29) is 6.54 Å². The molecular formula is C12H14N4O3S. The Morgan fingerprint density at radius 1 is 1.45 bits per heavy atom. The van der Waals surface area contributed by atoms with E-state index in [1.54, 1.807) is 31.4 Å². The Balaban J connectivity index is 1.81. The molecule has 0 spiro atoms. The molecule has 1 aromatic heterocycles. The lowest BCUT2D eigenvalue weighted by Crippen LogP contribution is -2.32. The molecule has 1 unspecified atom stereocenters. The quantitative estimate of drug-likeness (QED) is 0.774. The van der Waals surface area contributed by atoms with Gasteiger partial charge in [-0.3, -0.25) is 5.32 Å². The van der Waals surface area contributed by atoms with Gasteiger partial charge < -0.3 is 15.2 Å². The van der Waals surface area contributed by atoms with Gasteiger partial charge in [-0.1, -0.05) is 23.5 Å². The van der Waals surface area contributed by atoms with Crippen LogP contribution in [0.15, 0.2) is 29.8 Å². The number of ether oxygens (including phenoxy) is 1. The number of aliphatic hydroxyl groups excluding tert-OH is 1. The minimum atomic E-state index is -0.791. The first kappa shape index (κ1) is 14.2. The molecule has 1 atom stereocenters. The van der Waals surface area contributed by atoms with Crippen LogP contribution >= 0.6 is 11.3 Å². The number of hydrogen-bond donors (Lipinski definition) is 3. The maximum absolute atomic E-state index is 11.5. The second-order valence-corrected chi connectivity index (χ2v) is 4.70. The summed E-state index contributed by atoms with van der Waals surface area (Å²) in [6, 6.07) is 6.55. The number of amides is 2. The summed E-state index contributed by atoms with van der Waals surface area (Å²) in [5, 5.41) is 22.7. The van der Waals surface area contributed by atoms with Crippen LogP contribution in [0.5, 0.6) is 5.75 Å². The molecule has 2 amide bonds. The molecule has 0 saturated heterocycles. The van der Waals surface area contributed by atoms with Crippen molar-refractivity contribution in [2.45, 2.75) is 6.10 Å². The zero-order chi connectivity index (χ0) is 14.4. The van der Waals surface area contributed by atoms with Gasteiger partial charge >= 0.3 is 6.03 Å². The van der Waals surface area contributed by atoms with Crippen LogP contribution in [-0.2, 0) is 0 Å². The summed E-state index contributed by atoms with van der Waals surface area (Å²) >= 11 is 1.22. The van der Waals surface area contributed by atoms with E-state index in [2.05, 4.69) is 20.8 Å². The van der Waals surface area contributed by atoms with E-state index in [1.807, 2.05) is 0 Å². The normalized spacial score (nSPS) is 11.7. The van der Waals surface area contributed by atoms with E-state index in [4.69, 9.17) is 4.74 Å². The van der Waals surface area contributed by atoms with E-state index >= 15 is 0 Å². The predicted molar refractivity (Wildman–Crippen MR) is 74.9 cm³/mol. The molecule has 0 radical (unpaired) electrons. The van der Waals surface area contributed by atoms with Crippen molar-refractivity contribution in [2.75, 3.05) is 19.0 Å². The standard InChI is InChI=1S/C12H14N4O3S/c1-19-9-4-2-8(3-5-9)10(17)6-13-11(18)15-12-16-14-7-20-12/h2-5,7,10,17H,6H2,1H3,(H2,13,15,16,18).